The summed E-state index contributed by atoms with van der Waals surface area (Å²) in [5.74, 6) is 0.207. The molecular weight excluding hydrogens is 221 g/mol. The van der Waals surface area contributed by atoms with E-state index in [2.05, 4.69) is 4.98 Å². The quantitative estimate of drug-likeness (QED) is 0.870. The predicted octanol–water partition coefficient (Wildman–Crippen LogP) is 2.39. The fraction of sp³-hybridized carbons (Fsp3) is 0.500. The molecule has 1 saturated carbocycles. The number of halogens is 3. The second kappa shape index (κ2) is 3.54. The predicted molar refractivity (Wildman–Crippen MR) is 51.9 cm³/mol. The molecule has 0 saturated heterocycles. The van der Waals surface area contributed by atoms with Crippen LogP contribution in [0.2, 0.25) is 0 Å². The maximum absolute atomic E-state index is 12.6. The fourth-order valence-corrected chi connectivity index (χ4v) is 1.39. The SMILES string of the molecule is Nc1ccncc1OCC1(C(F)(F)F)CC1. The largest absolute Gasteiger partial charge is 0.489 e. The van der Waals surface area contributed by atoms with Crippen LogP contribution in [-0.4, -0.2) is 17.8 Å². The standard InChI is InChI=1S/C10H11F3N2O/c11-10(12,13)9(2-3-9)6-16-8-5-15-4-1-7(8)14/h1,4-5H,2-3,6H2,(H2,14,15). The van der Waals surface area contributed by atoms with Crippen molar-refractivity contribution in [3.63, 3.8) is 0 Å². The summed E-state index contributed by atoms with van der Waals surface area (Å²) >= 11 is 0. The molecule has 1 aliphatic carbocycles. The molecule has 0 radical (unpaired) electrons. The van der Waals surface area contributed by atoms with Gasteiger partial charge < -0.3 is 10.5 Å². The lowest BCUT2D eigenvalue weighted by Crippen LogP contribution is -2.30. The summed E-state index contributed by atoms with van der Waals surface area (Å²) in [5, 5.41) is 0. The lowest BCUT2D eigenvalue weighted by molar-refractivity contribution is -0.194. The van der Waals surface area contributed by atoms with E-state index in [1.807, 2.05) is 0 Å². The van der Waals surface area contributed by atoms with Crippen molar-refractivity contribution >= 4 is 5.69 Å². The van der Waals surface area contributed by atoms with Crippen LogP contribution in [-0.2, 0) is 0 Å². The Morgan fingerprint density at radius 2 is 2.12 bits per heavy atom. The van der Waals surface area contributed by atoms with Crippen molar-refractivity contribution in [2.24, 2.45) is 5.41 Å². The Bertz CT molecular complexity index is 388. The zero-order valence-corrected chi connectivity index (χ0v) is 8.42. The maximum Gasteiger partial charge on any atom is 0.397 e. The molecule has 1 aromatic rings. The van der Waals surface area contributed by atoms with Crippen molar-refractivity contribution < 1.29 is 17.9 Å². The van der Waals surface area contributed by atoms with Crippen LogP contribution < -0.4 is 10.5 Å². The molecule has 0 atom stereocenters. The smallest absolute Gasteiger partial charge is 0.397 e. The molecule has 1 heterocycles. The second-order valence-corrected chi connectivity index (χ2v) is 3.98. The van der Waals surface area contributed by atoms with Crippen LogP contribution in [0.4, 0.5) is 18.9 Å². The van der Waals surface area contributed by atoms with Crippen LogP contribution >= 0.6 is 0 Å². The molecule has 0 aromatic carbocycles. The summed E-state index contributed by atoms with van der Waals surface area (Å²) in [4.78, 5) is 3.74. The van der Waals surface area contributed by atoms with Crippen LogP contribution in [0.1, 0.15) is 12.8 Å². The third kappa shape index (κ3) is 1.91. The number of hydrogen-bond donors (Lipinski definition) is 1. The Hall–Kier alpha value is -1.46. The third-order valence-electron chi connectivity index (χ3n) is 2.78. The van der Waals surface area contributed by atoms with Gasteiger partial charge in [-0.15, -0.1) is 0 Å². The van der Waals surface area contributed by atoms with E-state index in [1.165, 1.54) is 18.5 Å². The zero-order valence-electron chi connectivity index (χ0n) is 8.42. The van der Waals surface area contributed by atoms with Crippen LogP contribution in [0.5, 0.6) is 5.75 Å². The highest BCUT2D eigenvalue weighted by molar-refractivity contribution is 5.49. The van der Waals surface area contributed by atoms with Gasteiger partial charge in [0.25, 0.3) is 0 Å². The van der Waals surface area contributed by atoms with Gasteiger partial charge in [0.1, 0.15) is 12.0 Å². The Morgan fingerprint density at radius 1 is 1.44 bits per heavy atom. The van der Waals surface area contributed by atoms with Crippen molar-refractivity contribution in [3.05, 3.63) is 18.5 Å². The zero-order chi connectivity index (χ0) is 11.8. The number of nitrogen functional groups attached to an aromatic ring is 1. The topological polar surface area (TPSA) is 48.1 Å². The van der Waals surface area contributed by atoms with Crippen molar-refractivity contribution in [2.75, 3.05) is 12.3 Å². The van der Waals surface area contributed by atoms with Crippen LogP contribution in [0.25, 0.3) is 0 Å². The van der Waals surface area contributed by atoms with Crippen LogP contribution in [0.15, 0.2) is 18.5 Å². The number of nitrogens with zero attached hydrogens (tertiary/aromatic N) is 1. The molecular formula is C10H11F3N2O. The van der Waals surface area contributed by atoms with E-state index in [4.69, 9.17) is 10.5 Å². The van der Waals surface area contributed by atoms with Crippen molar-refractivity contribution in [1.82, 2.24) is 4.98 Å². The first-order valence-corrected chi connectivity index (χ1v) is 4.84. The van der Waals surface area contributed by atoms with E-state index in [9.17, 15) is 13.2 Å². The highest BCUT2D eigenvalue weighted by Crippen LogP contribution is 2.57. The first-order chi connectivity index (χ1) is 7.45. The number of anilines is 1. The Labute approximate surface area is 90.4 Å². The minimum atomic E-state index is -4.20. The summed E-state index contributed by atoms with van der Waals surface area (Å²) in [7, 11) is 0. The van der Waals surface area contributed by atoms with E-state index in [0.29, 0.717) is 5.69 Å². The normalized spacial score (nSPS) is 18.2. The Kier molecular flexibility index (Phi) is 2.44. The van der Waals surface area contributed by atoms with E-state index >= 15 is 0 Å². The summed E-state index contributed by atoms with van der Waals surface area (Å²) in [6.07, 6.45) is -1.18. The summed E-state index contributed by atoms with van der Waals surface area (Å²) in [5.41, 5.74) is 4.16. The van der Waals surface area contributed by atoms with E-state index < -0.39 is 11.6 Å². The molecule has 0 unspecified atom stereocenters. The number of ether oxygens (including phenoxy) is 1. The molecule has 0 bridgehead atoms. The molecule has 0 spiro atoms. The molecule has 2 rings (SSSR count). The number of rotatable bonds is 3. The average molecular weight is 232 g/mol. The highest BCUT2D eigenvalue weighted by atomic mass is 19.4. The summed E-state index contributed by atoms with van der Waals surface area (Å²) < 4.78 is 42.8. The maximum atomic E-state index is 12.6. The Morgan fingerprint density at radius 3 is 2.62 bits per heavy atom. The molecule has 3 nitrogen and oxygen atoms in total. The first-order valence-electron chi connectivity index (χ1n) is 4.84. The minimum absolute atomic E-state index is 0.122. The lowest BCUT2D eigenvalue weighted by atomic mass is 10.1. The van der Waals surface area contributed by atoms with Gasteiger partial charge in [-0.05, 0) is 18.9 Å². The number of nitrogens with two attached hydrogens (primary N) is 1. The van der Waals surface area contributed by atoms with Gasteiger partial charge >= 0.3 is 6.18 Å². The third-order valence-corrected chi connectivity index (χ3v) is 2.78. The fourth-order valence-electron chi connectivity index (χ4n) is 1.39. The van der Waals surface area contributed by atoms with Gasteiger partial charge in [0.2, 0.25) is 0 Å². The molecule has 1 aliphatic rings. The van der Waals surface area contributed by atoms with Crippen molar-refractivity contribution in [2.45, 2.75) is 19.0 Å². The second-order valence-electron chi connectivity index (χ2n) is 3.98. The summed E-state index contributed by atoms with van der Waals surface area (Å²) in [6, 6.07) is 1.49. The van der Waals surface area contributed by atoms with Gasteiger partial charge in [0.05, 0.1) is 11.9 Å². The number of aromatic nitrogens is 1. The van der Waals surface area contributed by atoms with Gasteiger partial charge in [-0.2, -0.15) is 13.2 Å². The number of pyridine rings is 1. The monoisotopic (exact) mass is 232 g/mol. The molecule has 0 aliphatic heterocycles. The molecule has 0 amide bonds. The average Bonchev–Trinajstić information content (AvgIpc) is 2.96. The van der Waals surface area contributed by atoms with E-state index in [-0.39, 0.29) is 25.2 Å². The first kappa shape index (κ1) is 11.0. The molecule has 16 heavy (non-hydrogen) atoms. The van der Waals surface area contributed by atoms with Gasteiger partial charge in [-0.25, -0.2) is 0 Å². The van der Waals surface area contributed by atoms with Gasteiger partial charge in [-0.1, -0.05) is 0 Å². The summed E-state index contributed by atoms with van der Waals surface area (Å²) in [6.45, 7) is -0.383. The van der Waals surface area contributed by atoms with Crippen LogP contribution in [0, 0.1) is 5.41 Å². The molecule has 1 aromatic heterocycles. The Balaban J connectivity index is 2.01. The van der Waals surface area contributed by atoms with Gasteiger partial charge in [-0.3, -0.25) is 4.98 Å². The number of hydrogen-bond acceptors (Lipinski definition) is 3. The van der Waals surface area contributed by atoms with Crippen molar-refractivity contribution in [1.29, 1.82) is 0 Å². The molecule has 88 valence electrons. The van der Waals surface area contributed by atoms with E-state index in [1.54, 1.807) is 0 Å². The van der Waals surface area contributed by atoms with Gasteiger partial charge in [0, 0.05) is 6.20 Å². The number of alkyl halides is 3. The van der Waals surface area contributed by atoms with Gasteiger partial charge in [0.15, 0.2) is 5.75 Å². The lowest BCUT2D eigenvalue weighted by Gasteiger charge is -2.19. The highest BCUT2D eigenvalue weighted by Gasteiger charge is 2.63. The molecule has 2 N–H and O–H groups in total. The minimum Gasteiger partial charge on any atom is -0.489 e. The van der Waals surface area contributed by atoms with E-state index in [0.717, 1.165) is 0 Å². The van der Waals surface area contributed by atoms with Crippen LogP contribution in [0.3, 0.4) is 0 Å². The molecule has 6 heteroatoms. The molecule has 1 fully saturated rings. The van der Waals surface area contributed by atoms with Crippen molar-refractivity contribution in [3.8, 4) is 5.75 Å².